The molecule has 1 aromatic carbocycles. The first-order chi connectivity index (χ1) is 9.06. The first kappa shape index (κ1) is 13.9. The third kappa shape index (κ3) is 3.70. The molecule has 0 radical (unpaired) electrons. The number of nitrogens with one attached hydrogen (secondary N) is 1. The molecule has 0 spiro atoms. The smallest absolute Gasteiger partial charge is 0.251 e. The summed E-state index contributed by atoms with van der Waals surface area (Å²) >= 11 is 7.04. The highest BCUT2D eigenvalue weighted by Crippen LogP contribution is 2.26. The second-order valence-corrected chi connectivity index (χ2v) is 5.66. The normalized spacial score (nSPS) is 12.1. The topological polar surface area (TPSA) is 69.6 Å². The van der Waals surface area contributed by atoms with Gasteiger partial charge in [-0.25, -0.2) is 0 Å². The van der Waals surface area contributed by atoms with Crippen molar-refractivity contribution in [3.8, 4) is 5.75 Å². The number of amides is 1. The van der Waals surface area contributed by atoms with Gasteiger partial charge in [-0.05, 0) is 30.3 Å². The molecule has 1 heterocycles. The van der Waals surface area contributed by atoms with Crippen LogP contribution in [-0.2, 0) is 0 Å². The van der Waals surface area contributed by atoms with Crippen LogP contribution in [-0.4, -0.2) is 22.7 Å². The summed E-state index contributed by atoms with van der Waals surface area (Å²) in [6, 6.07) is 9.44. The molecule has 0 bridgehead atoms. The Morgan fingerprint density at radius 1 is 1.37 bits per heavy atom. The van der Waals surface area contributed by atoms with Crippen LogP contribution in [0, 0.1) is 0 Å². The molecule has 0 aliphatic rings. The molecule has 3 N–H and O–H groups in total. The number of hydrogen-bond donors (Lipinski definition) is 3. The fourth-order valence-corrected chi connectivity index (χ4v) is 2.59. The van der Waals surface area contributed by atoms with E-state index in [1.807, 2.05) is 0 Å². The minimum absolute atomic E-state index is 0.0261. The average Bonchev–Trinajstić information content (AvgIpc) is 2.82. The van der Waals surface area contributed by atoms with Crippen LogP contribution < -0.4 is 5.32 Å². The maximum atomic E-state index is 11.8. The number of benzene rings is 1. The zero-order chi connectivity index (χ0) is 13.8. The molecule has 2 rings (SSSR count). The molecule has 0 fully saturated rings. The Kier molecular flexibility index (Phi) is 4.42. The van der Waals surface area contributed by atoms with Crippen LogP contribution in [0.2, 0.25) is 4.34 Å². The van der Waals surface area contributed by atoms with Gasteiger partial charge in [-0.3, -0.25) is 4.79 Å². The van der Waals surface area contributed by atoms with Crippen LogP contribution in [0.4, 0.5) is 0 Å². The van der Waals surface area contributed by atoms with Crippen molar-refractivity contribution in [2.24, 2.45) is 0 Å². The number of phenolic OH excluding ortho intramolecular Hbond substituents is 1. The van der Waals surface area contributed by atoms with E-state index in [1.54, 1.807) is 24.3 Å². The summed E-state index contributed by atoms with van der Waals surface area (Å²) in [5.41, 5.74) is 0.344. The van der Waals surface area contributed by atoms with Crippen LogP contribution in [0.3, 0.4) is 0 Å². The quantitative estimate of drug-likeness (QED) is 0.812. The lowest BCUT2D eigenvalue weighted by molar-refractivity contribution is 0.0917. The Balaban J connectivity index is 1.93. The zero-order valence-corrected chi connectivity index (χ0v) is 11.4. The van der Waals surface area contributed by atoms with Gasteiger partial charge in [-0.15, -0.1) is 11.3 Å². The van der Waals surface area contributed by atoms with E-state index in [9.17, 15) is 15.0 Å². The fourth-order valence-electron chi connectivity index (χ4n) is 1.55. The second-order valence-electron chi connectivity index (χ2n) is 3.92. The van der Waals surface area contributed by atoms with Gasteiger partial charge in [0.15, 0.2) is 0 Å². The monoisotopic (exact) mass is 297 g/mol. The minimum atomic E-state index is -0.793. The van der Waals surface area contributed by atoms with Crippen molar-refractivity contribution in [2.45, 2.75) is 6.10 Å². The number of rotatable bonds is 4. The number of aliphatic hydroxyl groups excluding tert-OH is 1. The van der Waals surface area contributed by atoms with E-state index in [1.165, 1.54) is 23.5 Å². The van der Waals surface area contributed by atoms with Gasteiger partial charge in [0.25, 0.3) is 5.91 Å². The first-order valence-corrected chi connectivity index (χ1v) is 6.76. The Bertz CT molecular complexity index is 585. The summed E-state index contributed by atoms with van der Waals surface area (Å²) in [4.78, 5) is 12.5. The number of aliphatic hydroxyl groups is 1. The fraction of sp³-hybridized carbons (Fsp3) is 0.154. The lowest BCUT2D eigenvalue weighted by Gasteiger charge is -2.10. The molecule has 19 heavy (non-hydrogen) atoms. The second kappa shape index (κ2) is 6.06. The van der Waals surface area contributed by atoms with Gasteiger partial charge in [0.2, 0.25) is 0 Å². The molecule has 1 aromatic heterocycles. The van der Waals surface area contributed by atoms with E-state index >= 15 is 0 Å². The SMILES string of the molecule is O=C(NCC(O)c1ccc(Cl)s1)c1cccc(O)c1. The third-order valence-corrected chi connectivity index (χ3v) is 3.82. The molecule has 1 unspecified atom stereocenters. The number of carbonyl (C=O) groups excluding carboxylic acids is 1. The van der Waals surface area contributed by atoms with E-state index in [0.717, 1.165) is 0 Å². The Labute approximate surface area is 119 Å². The molecule has 0 saturated heterocycles. The molecule has 0 saturated carbocycles. The van der Waals surface area contributed by atoms with E-state index in [4.69, 9.17) is 11.6 Å². The van der Waals surface area contributed by atoms with Crippen molar-refractivity contribution in [3.05, 3.63) is 51.2 Å². The van der Waals surface area contributed by atoms with Gasteiger partial charge in [-0.2, -0.15) is 0 Å². The predicted octanol–water partition coefficient (Wildman–Crippen LogP) is 2.57. The molecule has 6 heteroatoms. The van der Waals surface area contributed by atoms with Crippen molar-refractivity contribution < 1.29 is 15.0 Å². The van der Waals surface area contributed by atoms with Crippen molar-refractivity contribution in [3.63, 3.8) is 0 Å². The largest absolute Gasteiger partial charge is 0.508 e. The number of aromatic hydroxyl groups is 1. The number of halogens is 1. The predicted molar refractivity (Wildman–Crippen MR) is 74.7 cm³/mol. The number of thiophene rings is 1. The maximum absolute atomic E-state index is 11.8. The molecule has 1 atom stereocenters. The Morgan fingerprint density at radius 3 is 2.79 bits per heavy atom. The van der Waals surface area contributed by atoms with Gasteiger partial charge in [0.1, 0.15) is 11.9 Å². The van der Waals surface area contributed by atoms with Crippen LogP contribution in [0.1, 0.15) is 21.3 Å². The molecular formula is C13H12ClNO3S. The number of carbonyl (C=O) groups is 1. The van der Waals surface area contributed by atoms with Crippen molar-refractivity contribution >= 4 is 28.8 Å². The Hall–Kier alpha value is -1.56. The maximum Gasteiger partial charge on any atom is 0.251 e. The zero-order valence-electron chi connectivity index (χ0n) is 9.84. The lowest BCUT2D eigenvalue weighted by atomic mass is 10.2. The summed E-state index contributed by atoms with van der Waals surface area (Å²) in [6.45, 7) is 0.0886. The minimum Gasteiger partial charge on any atom is -0.508 e. The molecular weight excluding hydrogens is 286 g/mol. The molecule has 0 aliphatic carbocycles. The van der Waals surface area contributed by atoms with Gasteiger partial charge in [0.05, 0.1) is 4.34 Å². The van der Waals surface area contributed by atoms with Crippen molar-refractivity contribution in [1.29, 1.82) is 0 Å². The van der Waals surface area contributed by atoms with Gasteiger partial charge < -0.3 is 15.5 Å². The molecule has 4 nitrogen and oxygen atoms in total. The van der Waals surface area contributed by atoms with E-state index in [-0.39, 0.29) is 18.2 Å². The first-order valence-electron chi connectivity index (χ1n) is 5.57. The average molecular weight is 298 g/mol. The third-order valence-electron chi connectivity index (χ3n) is 2.49. The number of hydrogen-bond acceptors (Lipinski definition) is 4. The van der Waals surface area contributed by atoms with E-state index in [2.05, 4.69) is 5.32 Å². The molecule has 2 aromatic rings. The van der Waals surface area contributed by atoms with Crippen LogP contribution >= 0.6 is 22.9 Å². The van der Waals surface area contributed by atoms with Gasteiger partial charge in [0, 0.05) is 17.0 Å². The lowest BCUT2D eigenvalue weighted by Crippen LogP contribution is -2.28. The highest BCUT2D eigenvalue weighted by atomic mass is 35.5. The summed E-state index contributed by atoms with van der Waals surface area (Å²) < 4.78 is 0.591. The van der Waals surface area contributed by atoms with Gasteiger partial charge in [-0.1, -0.05) is 17.7 Å². The van der Waals surface area contributed by atoms with E-state index in [0.29, 0.717) is 14.8 Å². The van der Waals surface area contributed by atoms with Crippen LogP contribution in [0.15, 0.2) is 36.4 Å². The molecule has 0 aliphatic heterocycles. The molecule has 1 amide bonds. The van der Waals surface area contributed by atoms with E-state index < -0.39 is 6.10 Å². The van der Waals surface area contributed by atoms with Crippen molar-refractivity contribution in [2.75, 3.05) is 6.54 Å². The summed E-state index contributed by atoms with van der Waals surface area (Å²) in [5, 5.41) is 21.7. The molecule has 100 valence electrons. The highest BCUT2D eigenvalue weighted by Gasteiger charge is 2.12. The standard InChI is InChI=1S/C13H12ClNO3S/c14-12-5-4-11(19-12)10(17)7-15-13(18)8-2-1-3-9(16)6-8/h1-6,10,16-17H,7H2,(H,15,18). The Morgan fingerprint density at radius 2 is 2.16 bits per heavy atom. The summed E-state index contributed by atoms with van der Waals surface area (Å²) in [6.07, 6.45) is -0.793. The van der Waals surface area contributed by atoms with Gasteiger partial charge >= 0.3 is 0 Å². The van der Waals surface area contributed by atoms with Crippen LogP contribution in [0.5, 0.6) is 5.75 Å². The van der Waals surface area contributed by atoms with Crippen LogP contribution in [0.25, 0.3) is 0 Å². The summed E-state index contributed by atoms with van der Waals surface area (Å²) in [5.74, 6) is -0.323. The number of phenols is 1. The van der Waals surface area contributed by atoms with Crippen molar-refractivity contribution in [1.82, 2.24) is 5.32 Å². The highest BCUT2D eigenvalue weighted by molar-refractivity contribution is 7.16. The summed E-state index contributed by atoms with van der Waals surface area (Å²) in [7, 11) is 0.